The van der Waals surface area contributed by atoms with Crippen molar-refractivity contribution in [3.05, 3.63) is 70.8 Å². The fourth-order valence-corrected chi connectivity index (χ4v) is 4.43. The third-order valence-corrected chi connectivity index (χ3v) is 7.65. The Balaban J connectivity index is 2.30. The lowest BCUT2D eigenvalue weighted by molar-refractivity contribution is -0.166. The molecule has 0 aromatic heterocycles. The molecule has 8 N–H and O–H groups in total. The Morgan fingerprint density at radius 3 is 1.67 bits per heavy atom. The molecular formula is C27H30F4N3O10P. The highest BCUT2D eigenvalue weighted by atomic mass is 31.2. The van der Waals surface area contributed by atoms with Gasteiger partial charge in [0.1, 0.15) is 12.1 Å². The monoisotopic (exact) mass is 663 g/mol. The summed E-state index contributed by atoms with van der Waals surface area (Å²) in [5, 5.41) is 22.3. The third-order valence-electron chi connectivity index (χ3n) is 6.66. The predicted molar refractivity (Wildman–Crippen MR) is 147 cm³/mol. The average molecular weight is 664 g/mol. The van der Waals surface area contributed by atoms with Crippen LogP contribution < -0.4 is 16.4 Å². The molecule has 2 unspecified atom stereocenters. The van der Waals surface area contributed by atoms with Crippen LogP contribution in [0.1, 0.15) is 42.0 Å². The second-order valence-electron chi connectivity index (χ2n) is 10.1. The number of carboxylic acids is 2. The smallest absolute Gasteiger partial charge is 0.399 e. The maximum absolute atomic E-state index is 14.0. The fourth-order valence-electron chi connectivity index (χ4n) is 3.94. The van der Waals surface area contributed by atoms with Gasteiger partial charge >= 0.3 is 31.1 Å². The molecule has 0 bridgehead atoms. The molecule has 3 amide bonds. The van der Waals surface area contributed by atoms with E-state index >= 15 is 0 Å². The van der Waals surface area contributed by atoms with Crippen molar-refractivity contribution in [3.63, 3.8) is 0 Å². The molecule has 45 heavy (non-hydrogen) atoms. The molecule has 0 radical (unpaired) electrons. The van der Waals surface area contributed by atoms with Gasteiger partial charge in [-0.1, -0.05) is 55.5 Å². The molecule has 13 nitrogen and oxygen atoms in total. The molecule has 3 atom stereocenters. The standard InChI is InChI=1S/C27H30F4N3O10P/c1-14(2-11-21(35)36)23(38)34-20(13-16-3-7-17(8-4-16)26(28,29)25(40)41)24(39)33-19(22(32)37)12-15-5-9-18(10-6-15)27(30,31)45(42,43)44/h3-10,14,19-20H,2,11-13H2,1H3,(H2,32,37)(H,33,39)(H,34,38)(H,35,36)(H,40,41)(H2,42,43,44)/t14-,19?,20?/m0/s1. The number of rotatable bonds is 16. The van der Waals surface area contributed by atoms with Crippen molar-refractivity contribution in [1.82, 2.24) is 10.6 Å². The Kier molecular flexibility index (Phi) is 12.0. The van der Waals surface area contributed by atoms with E-state index in [1.54, 1.807) is 0 Å². The van der Waals surface area contributed by atoms with Crippen LogP contribution in [-0.4, -0.2) is 61.7 Å². The van der Waals surface area contributed by atoms with Crippen LogP contribution >= 0.6 is 7.60 Å². The maximum atomic E-state index is 14.0. The second kappa shape index (κ2) is 14.6. The summed E-state index contributed by atoms with van der Waals surface area (Å²) in [6.45, 7) is 1.39. The number of primary amides is 1. The largest absolute Gasteiger partial charge is 0.481 e. The van der Waals surface area contributed by atoms with Crippen LogP contribution in [0.5, 0.6) is 0 Å². The summed E-state index contributed by atoms with van der Waals surface area (Å²) >= 11 is 0. The van der Waals surface area contributed by atoms with Gasteiger partial charge in [0, 0.05) is 36.3 Å². The van der Waals surface area contributed by atoms with Crippen molar-refractivity contribution in [3.8, 4) is 0 Å². The van der Waals surface area contributed by atoms with E-state index in [0.29, 0.717) is 12.1 Å². The molecule has 0 spiro atoms. The number of carbonyl (C=O) groups excluding carboxylic acids is 3. The number of alkyl halides is 4. The van der Waals surface area contributed by atoms with Crippen LogP contribution in [0.2, 0.25) is 0 Å². The van der Waals surface area contributed by atoms with Crippen molar-refractivity contribution >= 4 is 37.3 Å². The summed E-state index contributed by atoms with van der Waals surface area (Å²) in [6.07, 6.45) is -1.21. The first-order valence-corrected chi connectivity index (χ1v) is 14.6. The van der Waals surface area contributed by atoms with E-state index in [1.807, 2.05) is 0 Å². The number of nitrogens with one attached hydrogen (secondary N) is 2. The normalized spacial score (nSPS) is 14.1. The van der Waals surface area contributed by atoms with Crippen LogP contribution in [0, 0.1) is 5.92 Å². The number of halogens is 4. The lowest BCUT2D eigenvalue weighted by Crippen LogP contribution is -2.55. The number of hydrogen-bond donors (Lipinski definition) is 7. The average Bonchev–Trinajstić information content (AvgIpc) is 2.94. The Morgan fingerprint density at radius 2 is 1.24 bits per heavy atom. The van der Waals surface area contributed by atoms with E-state index in [4.69, 9.17) is 25.7 Å². The molecule has 246 valence electrons. The molecule has 2 rings (SSSR count). The van der Waals surface area contributed by atoms with Gasteiger partial charge in [0.15, 0.2) is 0 Å². The summed E-state index contributed by atoms with van der Waals surface area (Å²) in [5.41, 5.74) is -0.634. The lowest BCUT2D eigenvalue weighted by atomic mass is 9.98. The van der Waals surface area contributed by atoms with E-state index in [0.717, 1.165) is 36.4 Å². The van der Waals surface area contributed by atoms with Gasteiger partial charge in [-0.15, -0.1) is 0 Å². The SMILES string of the molecule is C[C@@H](CCC(=O)O)C(=O)NC(Cc1ccc(C(F)(F)C(=O)O)cc1)C(=O)NC(Cc1ccc(C(F)(F)P(=O)(O)O)cc1)C(N)=O. The second-order valence-corrected chi connectivity index (χ2v) is 11.8. The van der Waals surface area contributed by atoms with E-state index in [1.165, 1.54) is 6.92 Å². The van der Waals surface area contributed by atoms with E-state index < -0.39 is 78.0 Å². The zero-order valence-corrected chi connectivity index (χ0v) is 24.3. The number of carbonyl (C=O) groups is 5. The van der Waals surface area contributed by atoms with Crippen molar-refractivity contribution in [2.24, 2.45) is 11.7 Å². The first-order chi connectivity index (χ1) is 20.7. The summed E-state index contributed by atoms with van der Waals surface area (Å²) in [6, 6.07) is 4.30. The summed E-state index contributed by atoms with van der Waals surface area (Å²) in [7, 11) is -5.84. The third kappa shape index (κ3) is 9.83. The molecule has 2 aromatic rings. The molecule has 18 heteroatoms. The first-order valence-electron chi connectivity index (χ1n) is 13.0. The molecule has 0 saturated carbocycles. The Bertz CT molecular complexity index is 1470. The van der Waals surface area contributed by atoms with Gasteiger partial charge in [0.05, 0.1) is 0 Å². The van der Waals surface area contributed by atoms with E-state index in [9.17, 15) is 46.1 Å². The summed E-state index contributed by atoms with van der Waals surface area (Å²) in [4.78, 5) is 77.7. The van der Waals surface area contributed by atoms with E-state index in [2.05, 4.69) is 10.6 Å². The lowest BCUT2D eigenvalue weighted by Gasteiger charge is -2.24. The van der Waals surface area contributed by atoms with Gasteiger partial charge in [0.25, 0.3) is 0 Å². The van der Waals surface area contributed by atoms with Crippen LogP contribution in [0.15, 0.2) is 48.5 Å². The van der Waals surface area contributed by atoms with Gasteiger partial charge in [0.2, 0.25) is 17.7 Å². The molecular weight excluding hydrogens is 633 g/mol. The van der Waals surface area contributed by atoms with Gasteiger partial charge in [-0.2, -0.15) is 17.6 Å². The summed E-state index contributed by atoms with van der Waals surface area (Å²) in [5.74, 6) is -11.5. The molecule has 0 aliphatic rings. The van der Waals surface area contributed by atoms with Crippen molar-refractivity contribution < 1.29 is 66.1 Å². The zero-order chi connectivity index (χ0) is 34.3. The van der Waals surface area contributed by atoms with Crippen LogP contribution in [0.3, 0.4) is 0 Å². The summed E-state index contributed by atoms with van der Waals surface area (Å²) < 4.78 is 66.7. The van der Waals surface area contributed by atoms with Gasteiger partial charge in [-0.3, -0.25) is 23.7 Å². The van der Waals surface area contributed by atoms with Crippen molar-refractivity contribution in [1.29, 1.82) is 0 Å². The highest BCUT2D eigenvalue weighted by Crippen LogP contribution is 2.59. The number of hydrogen-bond acceptors (Lipinski definition) is 6. The highest BCUT2D eigenvalue weighted by Gasteiger charge is 2.50. The van der Waals surface area contributed by atoms with Gasteiger partial charge in [-0.05, 0) is 17.5 Å². The molecule has 0 aliphatic heterocycles. The number of benzene rings is 2. The topological polar surface area (TPSA) is 233 Å². The number of amides is 3. The Labute approximate surface area is 253 Å². The van der Waals surface area contributed by atoms with Crippen molar-refractivity contribution in [2.45, 2.75) is 56.3 Å². The molecule has 0 aliphatic carbocycles. The molecule has 0 heterocycles. The van der Waals surface area contributed by atoms with Crippen LogP contribution in [0.4, 0.5) is 17.6 Å². The minimum absolute atomic E-state index is 0.102. The van der Waals surface area contributed by atoms with Crippen LogP contribution in [-0.2, 0) is 53.0 Å². The maximum Gasteiger partial charge on any atom is 0.399 e. The van der Waals surface area contributed by atoms with Gasteiger partial charge < -0.3 is 36.4 Å². The number of carboxylic acid groups (broad SMARTS) is 2. The number of aliphatic carboxylic acids is 2. The first kappa shape index (κ1) is 36.8. The predicted octanol–water partition coefficient (Wildman–Crippen LogP) is 1.83. The zero-order valence-electron chi connectivity index (χ0n) is 23.5. The van der Waals surface area contributed by atoms with Gasteiger partial charge in [-0.25, -0.2) is 4.79 Å². The van der Waals surface area contributed by atoms with E-state index in [-0.39, 0.29) is 36.8 Å². The highest BCUT2D eigenvalue weighted by molar-refractivity contribution is 7.52. The van der Waals surface area contributed by atoms with Crippen molar-refractivity contribution in [2.75, 3.05) is 0 Å². The Morgan fingerprint density at radius 1 is 0.800 bits per heavy atom. The Hall–Kier alpha value is -4.34. The molecule has 0 saturated heterocycles. The minimum atomic E-state index is -5.84. The molecule has 0 fully saturated rings. The quantitative estimate of drug-likeness (QED) is 0.102. The fraction of sp³-hybridized carbons (Fsp3) is 0.370. The van der Waals surface area contributed by atoms with Crippen LogP contribution in [0.25, 0.3) is 0 Å². The number of nitrogens with two attached hydrogens (primary N) is 1. The molecule has 2 aromatic carbocycles. The minimum Gasteiger partial charge on any atom is -0.481 e.